The van der Waals surface area contributed by atoms with E-state index in [-0.39, 0.29) is 0 Å². The average molecular weight is 260 g/mol. The van der Waals surface area contributed by atoms with Crippen molar-refractivity contribution in [1.29, 1.82) is 5.26 Å². The van der Waals surface area contributed by atoms with E-state index in [1.807, 2.05) is 12.1 Å². The minimum Gasteiger partial charge on any atom is -0.494 e. The largest absolute Gasteiger partial charge is 0.494 e. The van der Waals surface area contributed by atoms with Gasteiger partial charge in [-0.25, -0.2) is 0 Å². The van der Waals surface area contributed by atoms with Crippen LogP contribution in [0.15, 0.2) is 24.3 Å². The summed E-state index contributed by atoms with van der Waals surface area (Å²) in [6.07, 6.45) is 2.19. The van der Waals surface area contributed by atoms with E-state index in [4.69, 9.17) is 10.00 Å². The minimum atomic E-state index is 0.631. The number of nitriles is 1. The standard InChI is InChI=1S/C16H24N2O/c1-4-14(3)18(5-2)10-7-11-19-16-9-6-8-15(12-16)13-17/h6,8-9,12,14H,4-5,7,10-11H2,1-3H3. The predicted molar refractivity (Wildman–Crippen MR) is 78.3 cm³/mol. The number of nitrogens with zero attached hydrogens (tertiary/aromatic N) is 2. The number of ether oxygens (including phenoxy) is 1. The van der Waals surface area contributed by atoms with Gasteiger partial charge in [-0.15, -0.1) is 0 Å². The third-order valence-electron chi connectivity index (χ3n) is 3.44. The summed E-state index contributed by atoms with van der Waals surface area (Å²) in [6, 6.07) is 10.1. The first-order valence-electron chi connectivity index (χ1n) is 7.08. The van der Waals surface area contributed by atoms with E-state index in [0.717, 1.165) is 25.3 Å². The molecule has 0 radical (unpaired) electrons. The molecule has 0 saturated carbocycles. The smallest absolute Gasteiger partial charge is 0.120 e. The third kappa shape index (κ3) is 5.32. The van der Waals surface area contributed by atoms with Crippen LogP contribution in [0.5, 0.6) is 5.75 Å². The van der Waals surface area contributed by atoms with Gasteiger partial charge in [0.05, 0.1) is 18.2 Å². The minimum absolute atomic E-state index is 0.631. The van der Waals surface area contributed by atoms with Crippen molar-refractivity contribution < 1.29 is 4.74 Å². The molecule has 0 spiro atoms. The molecule has 1 aromatic rings. The van der Waals surface area contributed by atoms with Crippen molar-refractivity contribution in [2.45, 2.75) is 39.7 Å². The van der Waals surface area contributed by atoms with Crippen LogP contribution in [0.4, 0.5) is 0 Å². The van der Waals surface area contributed by atoms with Crippen LogP contribution in [0.25, 0.3) is 0 Å². The van der Waals surface area contributed by atoms with Crippen molar-refractivity contribution in [2.75, 3.05) is 19.7 Å². The number of hydrogen-bond donors (Lipinski definition) is 0. The van der Waals surface area contributed by atoms with Crippen molar-refractivity contribution in [1.82, 2.24) is 4.90 Å². The molecule has 1 atom stereocenters. The summed E-state index contributed by atoms with van der Waals surface area (Å²) in [5, 5.41) is 8.81. The van der Waals surface area contributed by atoms with Crippen molar-refractivity contribution in [3.63, 3.8) is 0 Å². The van der Waals surface area contributed by atoms with Crippen LogP contribution < -0.4 is 4.74 Å². The summed E-state index contributed by atoms with van der Waals surface area (Å²) in [7, 11) is 0. The van der Waals surface area contributed by atoms with E-state index in [1.54, 1.807) is 12.1 Å². The second-order valence-electron chi connectivity index (χ2n) is 4.73. The molecule has 104 valence electrons. The molecule has 1 rings (SSSR count). The summed E-state index contributed by atoms with van der Waals surface area (Å²) in [5.41, 5.74) is 0.646. The second kappa shape index (κ2) is 8.55. The Balaban J connectivity index is 2.32. The fourth-order valence-corrected chi connectivity index (χ4v) is 2.06. The van der Waals surface area contributed by atoms with E-state index in [9.17, 15) is 0 Å². The van der Waals surface area contributed by atoms with Crippen LogP contribution in [0, 0.1) is 11.3 Å². The topological polar surface area (TPSA) is 36.3 Å². The molecule has 19 heavy (non-hydrogen) atoms. The Morgan fingerprint density at radius 2 is 2.16 bits per heavy atom. The maximum atomic E-state index is 8.81. The fourth-order valence-electron chi connectivity index (χ4n) is 2.06. The van der Waals surface area contributed by atoms with Gasteiger partial charge in [-0.05, 0) is 44.5 Å². The summed E-state index contributed by atoms with van der Waals surface area (Å²) >= 11 is 0. The molecule has 0 aliphatic carbocycles. The normalized spacial score (nSPS) is 12.2. The first-order valence-corrected chi connectivity index (χ1v) is 7.08. The van der Waals surface area contributed by atoms with Crippen LogP contribution in [0.3, 0.4) is 0 Å². The highest BCUT2D eigenvalue weighted by Gasteiger charge is 2.08. The van der Waals surface area contributed by atoms with Gasteiger partial charge in [-0.3, -0.25) is 0 Å². The number of benzene rings is 1. The van der Waals surface area contributed by atoms with E-state index in [1.165, 1.54) is 6.42 Å². The van der Waals surface area contributed by atoms with Crippen LogP contribution in [-0.2, 0) is 0 Å². The molecule has 1 aromatic carbocycles. The van der Waals surface area contributed by atoms with Crippen molar-refractivity contribution in [3.05, 3.63) is 29.8 Å². The Morgan fingerprint density at radius 3 is 2.79 bits per heavy atom. The first kappa shape index (κ1) is 15.5. The van der Waals surface area contributed by atoms with Crippen LogP contribution in [-0.4, -0.2) is 30.6 Å². The van der Waals surface area contributed by atoms with Gasteiger partial charge in [0.25, 0.3) is 0 Å². The molecule has 0 amide bonds. The predicted octanol–water partition coefficient (Wildman–Crippen LogP) is 3.45. The van der Waals surface area contributed by atoms with E-state index >= 15 is 0 Å². The maximum absolute atomic E-state index is 8.81. The zero-order chi connectivity index (χ0) is 14.1. The lowest BCUT2D eigenvalue weighted by molar-refractivity contribution is 0.193. The second-order valence-corrected chi connectivity index (χ2v) is 4.73. The molecule has 0 N–H and O–H groups in total. The summed E-state index contributed by atoms with van der Waals surface area (Å²) < 4.78 is 5.68. The van der Waals surface area contributed by atoms with Gasteiger partial charge in [0.2, 0.25) is 0 Å². The molecule has 0 aliphatic heterocycles. The van der Waals surface area contributed by atoms with Crippen molar-refractivity contribution >= 4 is 0 Å². The first-order chi connectivity index (χ1) is 9.21. The molecule has 3 nitrogen and oxygen atoms in total. The van der Waals surface area contributed by atoms with Gasteiger partial charge in [0.1, 0.15) is 5.75 Å². The lowest BCUT2D eigenvalue weighted by Crippen LogP contribution is -2.33. The molecule has 0 aromatic heterocycles. The maximum Gasteiger partial charge on any atom is 0.120 e. The lowest BCUT2D eigenvalue weighted by atomic mass is 10.2. The van der Waals surface area contributed by atoms with Gasteiger partial charge >= 0.3 is 0 Å². The summed E-state index contributed by atoms with van der Waals surface area (Å²) in [6.45, 7) is 9.52. The zero-order valence-corrected chi connectivity index (χ0v) is 12.2. The molecule has 0 bridgehead atoms. The summed E-state index contributed by atoms with van der Waals surface area (Å²) in [5.74, 6) is 0.783. The molecule has 0 heterocycles. The van der Waals surface area contributed by atoms with E-state index in [0.29, 0.717) is 18.2 Å². The van der Waals surface area contributed by atoms with E-state index in [2.05, 4.69) is 31.7 Å². The monoisotopic (exact) mass is 260 g/mol. The fraction of sp³-hybridized carbons (Fsp3) is 0.562. The highest BCUT2D eigenvalue weighted by molar-refractivity contribution is 5.36. The lowest BCUT2D eigenvalue weighted by Gasteiger charge is -2.26. The Kier molecular flexibility index (Phi) is 6.99. The number of hydrogen-bond acceptors (Lipinski definition) is 3. The zero-order valence-electron chi connectivity index (χ0n) is 12.2. The Morgan fingerprint density at radius 1 is 1.37 bits per heavy atom. The SMILES string of the molecule is CCC(C)N(CC)CCCOc1cccc(C#N)c1. The van der Waals surface area contributed by atoms with Crippen LogP contribution in [0.1, 0.15) is 39.2 Å². The quantitative estimate of drug-likeness (QED) is 0.672. The molecule has 0 saturated heterocycles. The highest BCUT2D eigenvalue weighted by atomic mass is 16.5. The molecular weight excluding hydrogens is 236 g/mol. The van der Waals surface area contributed by atoms with Gasteiger partial charge < -0.3 is 9.64 Å². The molecular formula is C16H24N2O. The Labute approximate surface area is 116 Å². The van der Waals surface area contributed by atoms with Crippen LogP contribution >= 0.6 is 0 Å². The third-order valence-corrected chi connectivity index (χ3v) is 3.44. The van der Waals surface area contributed by atoms with Gasteiger partial charge in [0.15, 0.2) is 0 Å². The molecule has 3 heteroatoms. The van der Waals surface area contributed by atoms with Gasteiger partial charge in [0, 0.05) is 12.6 Å². The van der Waals surface area contributed by atoms with Gasteiger partial charge in [-0.2, -0.15) is 5.26 Å². The molecule has 0 fully saturated rings. The molecule has 0 aliphatic rings. The van der Waals surface area contributed by atoms with Crippen molar-refractivity contribution in [3.8, 4) is 11.8 Å². The Bertz CT molecular complexity index is 411. The van der Waals surface area contributed by atoms with Crippen molar-refractivity contribution in [2.24, 2.45) is 0 Å². The van der Waals surface area contributed by atoms with E-state index < -0.39 is 0 Å². The highest BCUT2D eigenvalue weighted by Crippen LogP contribution is 2.13. The van der Waals surface area contributed by atoms with Gasteiger partial charge in [-0.1, -0.05) is 19.9 Å². The van der Waals surface area contributed by atoms with Crippen LogP contribution in [0.2, 0.25) is 0 Å². The Hall–Kier alpha value is -1.53. The summed E-state index contributed by atoms with van der Waals surface area (Å²) in [4.78, 5) is 2.47. The molecule has 1 unspecified atom stereocenters. The average Bonchev–Trinajstić information content (AvgIpc) is 2.47. The number of rotatable bonds is 8.